The Morgan fingerprint density at radius 1 is 0.971 bits per heavy atom. The van der Waals surface area contributed by atoms with E-state index >= 15 is 0 Å². The van der Waals surface area contributed by atoms with Gasteiger partial charge in [0, 0.05) is 25.2 Å². The summed E-state index contributed by atoms with van der Waals surface area (Å²) in [5.74, 6) is 3.44. The minimum atomic E-state index is 0.326. The quantitative estimate of drug-likeness (QED) is 0.418. The summed E-state index contributed by atoms with van der Waals surface area (Å²) in [6, 6.07) is 18.1. The second-order valence-electron chi connectivity index (χ2n) is 9.34. The molecule has 1 saturated heterocycles. The minimum Gasteiger partial charge on any atom is -0.457 e. The maximum atomic E-state index is 6.34. The Kier molecular flexibility index (Phi) is 5.26. The molecule has 0 bridgehead atoms. The lowest BCUT2D eigenvalue weighted by Gasteiger charge is -2.17. The highest BCUT2D eigenvalue weighted by atomic mass is 16.5. The van der Waals surface area contributed by atoms with E-state index in [2.05, 4.69) is 26.1 Å². The summed E-state index contributed by atoms with van der Waals surface area (Å²) in [5, 5.41) is 5.89. The number of hydrogen-bond acceptors (Lipinski definition) is 6. The first-order valence-corrected chi connectivity index (χ1v) is 11.8. The van der Waals surface area contributed by atoms with Gasteiger partial charge in [-0.15, -0.1) is 6.58 Å². The van der Waals surface area contributed by atoms with Crippen LogP contribution in [-0.4, -0.2) is 44.3 Å². The fourth-order valence-electron chi connectivity index (χ4n) is 5.65. The van der Waals surface area contributed by atoms with Crippen molar-refractivity contribution in [3.05, 3.63) is 73.6 Å². The molecule has 1 saturated carbocycles. The summed E-state index contributed by atoms with van der Waals surface area (Å²) < 4.78 is 8.05. The number of benzene rings is 2. The molecule has 2 fully saturated rings. The zero-order chi connectivity index (χ0) is 23.1. The van der Waals surface area contributed by atoms with Gasteiger partial charge in [-0.05, 0) is 61.1 Å². The normalized spacial score (nSPS) is 22.2. The summed E-state index contributed by atoms with van der Waals surface area (Å²) in [5.41, 5.74) is 8.95. The van der Waals surface area contributed by atoms with Crippen LogP contribution in [0.15, 0.2) is 73.6 Å². The van der Waals surface area contributed by atoms with Crippen LogP contribution in [0.2, 0.25) is 0 Å². The van der Waals surface area contributed by atoms with Crippen molar-refractivity contribution in [3.63, 3.8) is 0 Å². The molecular weight excluding hydrogens is 424 g/mol. The molecule has 2 unspecified atom stereocenters. The van der Waals surface area contributed by atoms with Crippen LogP contribution in [0.1, 0.15) is 18.9 Å². The highest BCUT2D eigenvalue weighted by molar-refractivity contribution is 5.98. The number of aromatic nitrogens is 4. The maximum absolute atomic E-state index is 6.34. The van der Waals surface area contributed by atoms with Crippen LogP contribution in [0, 0.1) is 11.8 Å². The molecule has 6 rings (SSSR count). The van der Waals surface area contributed by atoms with Crippen LogP contribution < -0.4 is 10.5 Å². The second-order valence-corrected chi connectivity index (χ2v) is 9.34. The summed E-state index contributed by atoms with van der Waals surface area (Å²) in [7, 11) is 0. The topological polar surface area (TPSA) is 82.1 Å². The molecule has 34 heavy (non-hydrogen) atoms. The maximum Gasteiger partial charge on any atom is 0.164 e. The van der Waals surface area contributed by atoms with Gasteiger partial charge in [0.25, 0.3) is 0 Å². The van der Waals surface area contributed by atoms with Crippen LogP contribution >= 0.6 is 0 Å². The first-order valence-electron chi connectivity index (χ1n) is 11.8. The first kappa shape index (κ1) is 20.9. The Morgan fingerprint density at radius 3 is 2.38 bits per heavy atom. The van der Waals surface area contributed by atoms with Crippen molar-refractivity contribution >= 4 is 16.9 Å². The van der Waals surface area contributed by atoms with Gasteiger partial charge < -0.3 is 10.5 Å². The first-order chi connectivity index (χ1) is 16.7. The van der Waals surface area contributed by atoms with E-state index in [0.717, 1.165) is 66.3 Å². The predicted molar refractivity (Wildman–Crippen MR) is 134 cm³/mol. The molecule has 0 amide bonds. The van der Waals surface area contributed by atoms with Crippen LogP contribution in [0.3, 0.4) is 0 Å². The van der Waals surface area contributed by atoms with Gasteiger partial charge in [-0.2, -0.15) is 5.10 Å². The van der Waals surface area contributed by atoms with E-state index in [0.29, 0.717) is 23.7 Å². The Hall–Kier alpha value is -3.71. The second kappa shape index (κ2) is 8.57. The van der Waals surface area contributed by atoms with Gasteiger partial charge in [0.2, 0.25) is 0 Å². The minimum absolute atomic E-state index is 0.326. The van der Waals surface area contributed by atoms with Gasteiger partial charge in [-0.3, -0.25) is 4.90 Å². The molecule has 7 nitrogen and oxygen atoms in total. The van der Waals surface area contributed by atoms with Crippen molar-refractivity contribution in [2.24, 2.45) is 11.8 Å². The van der Waals surface area contributed by atoms with E-state index in [9.17, 15) is 0 Å². The molecule has 4 aromatic rings. The van der Waals surface area contributed by atoms with Gasteiger partial charge in [0.15, 0.2) is 5.65 Å². The molecule has 2 aromatic carbocycles. The summed E-state index contributed by atoms with van der Waals surface area (Å²) in [4.78, 5) is 11.4. The number of fused-ring (bicyclic) bond motifs is 2. The Balaban J connectivity index is 1.30. The number of hydrogen-bond donors (Lipinski definition) is 1. The van der Waals surface area contributed by atoms with Crippen molar-refractivity contribution in [1.82, 2.24) is 24.6 Å². The van der Waals surface area contributed by atoms with Crippen molar-refractivity contribution in [2.45, 2.75) is 18.9 Å². The average Bonchev–Trinajstić information content (AvgIpc) is 3.52. The molecule has 3 heterocycles. The smallest absolute Gasteiger partial charge is 0.164 e. The van der Waals surface area contributed by atoms with E-state index < -0.39 is 0 Å². The number of para-hydroxylation sites is 1. The lowest BCUT2D eigenvalue weighted by atomic mass is 10.0. The van der Waals surface area contributed by atoms with Gasteiger partial charge >= 0.3 is 0 Å². The van der Waals surface area contributed by atoms with E-state index in [1.165, 1.54) is 6.33 Å². The molecule has 1 aliphatic carbocycles. The molecule has 1 aliphatic heterocycles. The molecule has 2 aliphatic rings. The van der Waals surface area contributed by atoms with Crippen molar-refractivity contribution in [1.29, 1.82) is 0 Å². The molecule has 7 heteroatoms. The van der Waals surface area contributed by atoms with Gasteiger partial charge in [-0.25, -0.2) is 14.6 Å². The fraction of sp³-hybridized carbons (Fsp3) is 0.296. The third-order valence-corrected chi connectivity index (χ3v) is 7.16. The highest BCUT2D eigenvalue weighted by Crippen LogP contribution is 2.45. The Labute approximate surface area is 198 Å². The van der Waals surface area contributed by atoms with Crippen LogP contribution in [0.5, 0.6) is 11.5 Å². The van der Waals surface area contributed by atoms with Crippen molar-refractivity contribution < 1.29 is 4.74 Å². The average molecular weight is 453 g/mol. The number of nitrogens with zero attached hydrogens (tertiary/aromatic N) is 5. The third kappa shape index (κ3) is 3.72. The number of ether oxygens (including phenoxy) is 1. The number of rotatable bonds is 6. The number of likely N-dealkylation sites (tertiary alicyclic amines) is 1. The fourth-order valence-corrected chi connectivity index (χ4v) is 5.65. The van der Waals surface area contributed by atoms with E-state index in [-0.39, 0.29) is 0 Å². The van der Waals surface area contributed by atoms with Crippen LogP contribution in [0.25, 0.3) is 22.3 Å². The molecule has 2 atom stereocenters. The monoisotopic (exact) mass is 452 g/mol. The zero-order valence-electron chi connectivity index (χ0n) is 19.0. The third-order valence-electron chi connectivity index (χ3n) is 7.16. The van der Waals surface area contributed by atoms with Crippen LogP contribution in [0.4, 0.5) is 5.82 Å². The molecule has 172 valence electrons. The summed E-state index contributed by atoms with van der Waals surface area (Å²) in [6.45, 7) is 7.14. The van der Waals surface area contributed by atoms with Gasteiger partial charge in [0.1, 0.15) is 29.3 Å². The van der Waals surface area contributed by atoms with Crippen molar-refractivity contribution in [2.75, 3.05) is 25.4 Å². The van der Waals surface area contributed by atoms with Gasteiger partial charge in [0.05, 0.1) is 11.4 Å². The van der Waals surface area contributed by atoms with E-state index in [1.807, 2.05) is 60.7 Å². The molecule has 0 spiro atoms. The van der Waals surface area contributed by atoms with Crippen LogP contribution in [-0.2, 0) is 0 Å². The lowest BCUT2D eigenvalue weighted by molar-refractivity contribution is 0.320. The summed E-state index contributed by atoms with van der Waals surface area (Å²) in [6.07, 6.45) is 5.77. The van der Waals surface area contributed by atoms with Gasteiger partial charge in [-0.1, -0.05) is 24.3 Å². The Morgan fingerprint density at radius 2 is 1.68 bits per heavy atom. The standard InChI is InChI=1S/C27H28N6O/c1-2-12-32-15-19-13-21(14-20(19)16-32)33-27-24(26(28)29-17-30-27)25(31-33)18-8-10-23(11-9-18)34-22-6-4-3-5-7-22/h2-11,17,19-21H,1,12-16H2,(H2,28,29,30). The highest BCUT2D eigenvalue weighted by Gasteiger charge is 2.42. The summed E-state index contributed by atoms with van der Waals surface area (Å²) >= 11 is 0. The lowest BCUT2D eigenvalue weighted by Crippen LogP contribution is -2.23. The largest absolute Gasteiger partial charge is 0.457 e. The Bertz CT molecular complexity index is 1300. The molecule has 0 radical (unpaired) electrons. The van der Waals surface area contributed by atoms with E-state index in [4.69, 9.17) is 15.6 Å². The number of nitrogens with two attached hydrogens (primary N) is 1. The molecule has 2 aromatic heterocycles. The van der Waals surface area contributed by atoms with Crippen molar-refractivity contribution in [3.8, 4) is 22.8 Å². The number of anilines is 1. The SMILES string of the molecule is C=CCN1CC2CC(n3nc(-c4ccc(Oc5ccccc5)cc4)c4c(N)ncnc43)CC2C1. The van der Waals surface area contributed by atoms with E-state index in [1.54, 1.807) is 0 Å². The molecular formula is C27H28N6O. The zero-order valence-corrected chi connectivity index (χ0v) is 19.0. The predicted octanol–water partition coefficient (Wildman–Crippen LogP) is 4.94. The molecule has 2 N–H and O–H groups in total. The number of nitrogen functional groups attached to an aromatic ring is 1.